The molecule has 1 aromatic rings. The van der Waals surface area contributed by atoms with Crippen LogP contribution in [0.1, 0.15) is 11.3 Å². The molecule has 1 saturated heterocycles. The number of aromatic nitrogens is 1. The van der Waals surface area contributed by atoms with Gasteiger partial charge in [0.1, 0.15) is 0 Å². The highest BCUT2D eigenvalue weighted by Crippen LogP contribution is 2.04. The summed E-state index contributed by atoms with van der Waals surface area (Å²) in [4.78, 5) is 20.3. The predicted molar refractivity (Wildman–Crippen MR) is 72.7 cm³/mol. The number of hydrogen-bond donors (Lipinski definition) is 0. The van der Waals surface area contributed by atoms with Gasteiger partial charge in [0.05, 0.1) is 32.0 Å². The van der Waals surface area contributed by atoms with Crippen LogP contribution in [-0.4, -0.2) is 60.6 Å². The number of amides is 1. The number of likely N-dealkylation sites (N-methyl/N-ethyl adjacent to an activating group) is 1. The Morgan fingerprint density at radius 2 is 2.16 bits per heavy atom. The second kappa shape index (κ2) is 6.63. The predicted octanol–water partition coefficient (Wildman–Crippen LogP) is 0.681. The van der Waals surface area contributed by atoms with E-state index in [1.54, 1.807) is 4.90 Å². The average Bonchev–Trinajstić information content (AvgIpc) is 2.42. The van der Waals surface area contributed by atoms with Crippen molar-refractivity contribution >= 4 is 5.91 Å². The molecule has 0 unspecified atom stereocenters. The van der Waals surface area contributed by atoms with Gasteiger partial charge in [0.2, 0.25) is 5.91 Å². The lowest BCUT2D eigenvalue weighted by atomic mass is 10.2. The van der Waals surface area contributed by atoms with E-state index in [4.69, 9.17) is 4.74 Å². The molecule has 1 aliphatic heterocycles. The number of carbonyl (C=O) groups is 1. The molecule has 1 fully saturated rings. The molecule has 0 saturated carbocycles. The second-order valence-corrected chi connectivity index (χ2v) is 4.97. The standard InChI is InChI=1S/C14H21N3O2/c1-12-3-4-13(15-9-12)10-16(2)14(18)11-17-5-7-19-8-6-17/h3-4,9H,5-8,10-11H2,1-2H3. The molecular weight excluding hydrogens is 242 g/mol. The van der Waals surface area contributed by atoms with Crippen molar-refractivity contribution in [1.29, 1.82) is 0 Å². The molecule has 19 heavy (non-hydrogen) atoms. The van der Waals surface area contributed by atoms with Crippen molar-refractivity contribution in [2.24, 2.45) is 0 Å². The monoisotopic (exact) mass is 263 g/mol. The largest absolute Gasteiger partial charge is 0.379 e. The van der Waals surface area contributed by atoms with Crippen LogP contribution >= 0.6 is 0 Å². The molecule has 0 atom stereocenters. The van der Waals surface area contributed by atoms with Crippen LogP contribution in [0.2, 0.25) is 0 Å². The van der Waals surface area contributed by atoms with Crippen molar-refractivity contribution < 1.29 is 9.53 Å². The van der Waals surface area contributed by atoms with E-state index < -0.39 is 0 Å². The molecule has 0 N–H and O–H groups in total. The third-order valence-corrected chi connectivity index (χ3v) is 3.26. The Morgan fingerprint density at radius 3 is 2.79 bits per heavy atom. The molecule has 1 amide bonds. The Labute approximate surface area is 114 Å². The highest BCUT2D eigenvalue weighted by Gasteiger charge is 2.17. The van der Waals surface area contributed by atoms with Gasteiger partial charge in [0.15, 0.2) is 0 Å². The van der Waals surface area contributed by atoms with E-state index in [1.165, 1.54) is 0 Å². The van der Waals surface area contributed by atoms with Crippen molar-refractivity contribution in [2.75, 3.05) is 39.9 Å². The number of morpholine rings is 1. The lowest BCUT2D eigenvalue weighted by molar-refractivity contribution is -0.132. The molecule has 5 nitrogen and oxygen atoms in total. The summed E-state index contributed by atoms with van der Waals surface area (Å²) >= 11 is 0. The third kappa shape index (κ3) is 4.29. The van der Waals surface area contributed by atoms with Gasteiger partial charge in [-0.15, -0.1) is 0 Å². The minimum atomic E-state index is 0.129. The highest BCUT2D eigenvalue weighted by molar-refractivity contribution is 5.77. The molecule has 0 spiro atoms. The van der Waals surface area contributed by atoms with E-state index in [-0.39, 0.29) is 5.91 Å². The van der Waals surface area contributed by atoms with Crippen molar-refractivity contribution in [2.45, 2.75) is 13.5 Å². The number of ether oxygens (including phenoxy) is 1. The Morgan fingerprint density at radius 1 is 1.42 bits per heavy atom. The van der Waals surface area contributed by atoms with E-state index in [9.17, 15) is 4.79 Å². The van der Waals surface area contributed by atoms with Gasteiger partial charge in [-0.05, 0) is 18.6 Å². The van der Waals surface area contributed by atoms with Gasteiger partial charge in [-0.25, -0.2) is 0 Å². The lowest BCUT2D eigenvalue weighted by Crippen LogP contribution is -2.43. The summed E-state index contributed by atoms with van der Waals surface area (Å²) < 4.78 is 5.27. The van der Waals surface area contributed by atoms with Crippen LogP contribution in [0.3, 0.4) is 0 Å². The average molecular weight is 263 g/mol. The molecule has 2 heterocycles. The quantitative estimate of drug-likeness (QED) is 0.801. The SMILES string of the molecule is Cc1ccc(CN(C)C(=O)CN2CCOCC2)nc1. The van der Waals surface area contributed by atoms with Crippen LogP contribution < -0.4 is 0 Å². The van der Waals surface area contributed by atoms with Crippen molar-refractivity contribution in [1.82, 2.24) is 14.8 Å². The van der Waals surface area contributed by atoms with Gasteiger partial charge in [0, 0.05) is 26.3 Å². The van der Waals surface area contributed by atoms with Crippen molar-refractivity contribution in [3.63, 3.8) is 0 Å². The minimum absolute atomic E-state index is 0.129. The number of pyridine rings is 1. The Hall–Kier alpha value is -1.46. The van der Waals surface area contributed by atoms with Crippen LogP contribution in [0.4, 0.5) is 0 Å². The van der Waals surface area contributed by atoms with E-state index in [2.05, 4.69) is 9.88 Å². The topological polar surface area (TPSA) is 45.7 Å². The lowest BCUT2D eigenvalue weighted by Gasteiger charge is -2.28. The van der Waals surface area contributed by atoms with Crippen LogP contribution in [0.15, 0.2) is 18.3 Å². The third-order valence-electron chi connectivity index (χ3n) is 3.26. The van der Waals surface area contributed by atoms with E-state index in [0.717, 1.165) is 37.6 Å². The summed E-state index contributed by atoms with van der Waals surface area (Å²) in [6, 6.07) is 3.98. The molecule has 0 bridgehead atoms. The molecule has 1 aliphatic rings. The Kier molecular flexibility index (Phi) is 4.87. The number of aryl methyl sites for hydroxylation is 1. The summed E-state index contributed by atoms with van der Waals surface area (Å²) in [5.41, 5.74) is 2.05. The van der Waals surface area contributed by atoms with Gasteiger partial charge in [-0.1, -0.05) is 6.07 Å². The minimum Gasteiger partial charge on any atom is -0.379 e. The zero-order chi connectivity index (χ0) is 13.7. The molecular formula is C14H21N3O2. The summed E-state index contributed by atoms with van der Waals surface area (Å²) in [6.07, 6.45) is 1.83. The number of rotatable bonds is 4. The molecule has 0 radical (unpaired) electrons. The second-order valence-electron chi connectivity index (χ2n) is 4.97. The molecule has 0 aromatic carbocycles. The molecule has 104 valence electrons. The van der Waals surface area contributed by atoms with Gasteiger partial charge in [-0.2, -0.15) is 0 Å². The fraction of sp³-hybridized carbons (Fsp3) is 0.571. The van der Waals surface area contributed by atoms with Gasteiger partial charge in [0.25, 0.3) is 0 Å². The first-order chi connectivity index (χ1) is 9.15. The maximum atomic E-state index is 12.1. The molecule has 1 aromatic heterocycles. The number of carbonyl (C=O) groups excluding carboxylic acids is 1. The summed E-state index contributed by atoms with van der Waals surface area (Å²) in [7, 11) is 1.82. The Bertz CT molecular complexity index is 413. The maximum absolute atomic E-state index is 12.1. The van der Waals surface area contributed by atoms with E-state index >= 15 is 0 Å². The van der Waals surface area contributed by atoms with Crippen LogP contribution in [0.5, 0.6) is 0 Å². The smallest absolute Gasteiger partial charge is 0.236 e. The number of nitrogens with zero attached hydrogens (tertiary/aromatic N) is 3. The summed E-state index contributed by atoms with van der Waals surface area (Å²) in [5, 5.41) is 0. The fourth-order valence-corrected chi connectivity index (χ4v) is 1.99. The fourth-order valence-electron chi connectivity index (χ4n) is 1.99. The maximum Gasteiger partial charge on any atom is 0.236 e. The number of hydrogen-bond acceptors (Lipinski definition) is 4. The first-order valence-electron chi connectivity index (χ1n) is 6.61. The van der Waals surface area contributed by atoms with E-state index in [1.807, 2.05) is 32.3 Å². The summed E-state index contributed by atoms with van der Waals surface area (Å²) in [5.74, 6) is 0.129. The zero-order valence-electron chi connectivity index (χ0n) is 11.6. The van der Waals surface area contributed by atoms with Crippen LogP contribution in [0.25, 0.3) is 0 Å². The molecule has 5 heteroatoms. The summed E-state index contributed by atoms with van der Waals surface area (Å²) in [6.45, 7) is 6.14. The molecule has 2 rings (SSSR count). The normalized spacial score (nSPS) is 16.3. The van der Waals surface area contributed by atoms with E-state index in [0.29, 0.717) is 13.1 Å². The highest BCUT2D eigenvalue weighted by atomic mass is 16.5. The van der Waals surface area contributed by atoms with Gasteiger partial charge in [-0.3, -0.25) is 14.7 Å². The zero-order valence-corrected chi connectivity index (χ0v) is 11.6. The van der Waals surface area contributed by atoms with Crippen molar-refractivity contribution in [3.05, 3.63) is 29.6 Å². The van der Waals surface area contributed by atoms with Gasteiger partial charge >= 0.3 is 0 Å². The van der Waals surface area contributed by atoms with Crippen LogP contribution in [-0.2, 0) is 16.1 Å². The van der Waals surface area contributed by atoms with Crippen LogP contribution in [0, 0.1) is 6.92 Å². The Balaban J connectivity index is 1.83. The first kappa shape index (κ1) is 14.0. The first-order valence-corrected chi connectivity index (χ1v) is 6.61. The van der Waals surface area contributed by atoms with Gasteiger partial charge < -0.3 is 9.64 Å². The van der Waals surface area contributed by atoms with Crippen molar-refractivity contribution in [3.8, 4) is 0 Å². The molecule has 0 aliphatic carbocycles.